The van der Waals surface area contributed by atoms with E-state index in [0.717, 1.165) is 50.6 Å². The van der Waals surface area contributed by atoms with Gasteiger partial charge in [-0.2, -0.15) is 0 Å². The number of carboxylic acid groups (broad SMARTS) is 1. The molecule has 2 heterocycles. The van der Waals surface area contributed by atoms with Crippen molar-refractivity contribution in [3.8, 4) is 0 Å². The Kier molecular flexibility index (Phi) is 5.46. The summed E-state index contributed by atoms with van der Waals surface area (Å²) in [5.41, 5.74) is 5.27. The van der Waals surface area contributed by atoms with Crippen LogP contribution in [0.15, 0.2) is 42.5 Å². The topological polar surface area (TPSA) is 43.8 Å². The van der Waals surface area contributed by atoms with Crippen LogP contribution in [0.5, 0.6) is 0 Å². The Balaban J connectivity index is 1.13. The number of carbonyl (C=O) groups is 1. The number of hydrogen-bond donors (Lipinski definition) is 1. The van der Waals surface area contributed by atoms with Crippen LogP contribution in [0.25, 0.3) is 0 Å². The predicted octanol–water partition coefficient (Wildman–Crippen LogP) is 5.12. The van der Waals surface area contributed by atoms with Gasteiger partial charge in [-0.3, -0.25) is 9.69 Å². The van der Waals surface area contributed by atoms with E-state index >= 15 is 0 Å². The monoisotopic (exact) mass is 424 g/mol. The first kappa shape index (κ1) is 19.9. The second-order valence-corrected chi connectivity index (χ2v) is 9.62. The summed E-state index contributed by atoms with van der Waals surface area (Å²) in [6, 6.07) is 15.6. The lowest BCUT2D eigenvalue weighted by Gasteiger charge is -2.41. The maximum atomic E-state index is 11.1. The second kappa shape index (κ2) is 8.24. The zero-order valence-corrected chi connectivity index (χ0v) is 18.0. The SMILES string of the molecule is O=C(O)C1CCN(Cc2ccc(C3CN(c4ccc(C5CC5)c(Cl)c4)C3)cc2)CC1. The summed E-state index contributed by atoms with van der Waals surface area (Å²) in [7, 11) is 0. The summed E-state index contributed by atoms with van der Waals surface area (Å²) in [4.78, 5) is 15.9. The van der Waals surface area contributed by atoms with Crippen LogP contribution in [0.2, 0.25) is 5.02 Å². The van der Waals surface area contributed by atoms with E-state index < -0.39 is 5.97 Å². The van der Waals surface area contributed by atoms with Crippen molar-refractivity contribution in [3.05, 3.63) is 64.2 Å². The highest BCUT2D eigenvalue weighted by atomic mass is 35.5. The van der Waals surface area contributed by atoms with Gasteiger partial charge in [-0.15, -0.1) is 0 Å². The number of anilines is 1. The molecule has 1 aliphatic carbocycles. The molecule has 3 aliphatic rings. The molecular weight excluding hydrogens is 396 g/mol. The summed E-state index contributed by atoms with van der Waals surface area (Å²) in [6.07, 6.45) is 4.08. The van der Waals surface area contributed by atoms with E-state index in [9.17, 15) is 4.79 Å². The molecule has 30 heavy (non-hydrogen) atoms. The molecule has 5 heteroatoms. The number of nitrogens with zero attached hydrogens (tertiary/aromatic N) is 2. The molecule has 0 amide bonds. The lowest BCUT2D eigenvalue weighted by atomic mass is 9.90. The molecule has 0 radical (unpaired) electrons. The van der Waals surface area contributed by atoms with Crippen molar-refractivity contribution in [2.75, 3.05) is 31.1 Å². The third kappa shape index (κ3) is 4.21. The number of halogens is 1. The molecular formula is C25H29ClN2O2. The molecule has 0 unspecified atom stereocenters. The predicted molar refractivity (Wildman–Crippen MR) is 120 cm³/mol. The average Bonchev–Trinajstić information content (AvgIpc) is 3.54. The highest BCUT2D eigenvalue weighted by Crippen LogP contribution is 2.44. The first-order valence-electron chi connectivity index (χ1n) is 11.1. The van der Waals surface area contributed by atoms with E-state index in [2.05, 4.69) is 52.3 Å². The van der Waals surface area contributed by atoms with Crippen LogP contribution < -0.4 is 4.90 Å². The Bertz CT molecular complexity index is 911. The molecule has 5 rings (SSSR count). The number of rotatable bonds is 6. The first-order chi connectivity index (χ1) is 14.6. The van der Waals surface area contributed by atoms with Crippen LogP contribution in [-0.2, 0) is 11.3 Å². The van der Waals surface area contributed by atoms with Crippen LogP contribution in [0.4, 0.5) is 5.69 Å². The summed E-state index contributed by atoms with van der Waals surface area (Å²) in [5.74, 6) is 0.463. The van der Waals surface area contributed by atoms with Crippen molar-refractivity contribution < 1.29 is 9.90 Å². The van der Waals surface area contributed by atoms with Crippen molar-refractivity contribution in [1.29, 1.82) is 0 Å². The van der Waals surface area contributed by atoms with Gasteiger partial charge in [0.15, 0.2) is 0 Å². The summed E-state index contributed by atoms with van der Waals surface area (Å²) < 4.78 is 0. The normalized spacial score (nSPS) is 20.9. The molecule has 2 aromatic rings. The van der Waals surface area contributed by atoms with Gasteiger partial charge in [0.05, 0.1) is 5.92 Å². The highest BCUT2D eigenvalue weighted by Gasteiger charge is 2.30. The fraction of sp³-hybridized carbons (Fsp3) is 0.480. The molecule has 1 N–H and O–H groups in total. The molecule has 2 aromatic carbocycles. The standard InChI is InChI=1S/C25H29ClN2O2/c26-24-13-22(7-8-23(24)19-5-6-19)28-15-21(16-28)18-3-1-17(2-4-18)14-27-11-9-20(10-12-27)25(29)30/h1-4,7-8,13,19-21H,5-6,9-12,14-16H2,(H,29,30). The van der Waals surface area contributed by atoms with Crippen LogP contribution in [0, 0.1) is 5.92 Å². The van der Waals surface area contributed by atoms with Gasteiger partial charge in [0.25, 0.3) is 0 Å². The number of aliphatic carboxylic acids is 1. The van der Waals surface area contributed by atoms with Crippen molar-refractivity contribution in [2.45, 2.75) is 44.1 Å². The summed E-state index contributed by atoms with van der Waals surface area (Å²) in [5, 5.41) is 10.1. The Morgan fingerprint density at radius 3 is 2.27 bits per heavy atom. The molecule has 0 aromatic heterocycles. The van der Waals surface area contributed by atoms with Gasteiger partial charge in [-0.25, -0.2) is 0 Å². The Morgan fingerprint density at radius 1 is 0.967 bits per heavy atom. The molecule has 0 bridgehead atoms. The van der Waals surface area contributed by atoms with Crippen LogP contribution in [0.1, 0.15) is 54.2 Å². The van der Waals surface area contributed by atoms with Crippen LogP contribution >= 0.6 is 11.6 Å². The zero-order valence-electron chi connectivity index (χ0n) is 17.3. The van der Waals surface area contributed by atoms with Crippen molar-refractivity contribution >= 4 is 23.3 Å². The molecule has 158 valence electrons. The van der Waals surface area contributed by atoms with Gasteiger partial charge >= 0.3 is 5.97 Å². The molecule has 4 nitrogen and oxygen atoms in total. The van der Waals surface area contributed by atoms with E-state index in [0.29, 0.717) is 11.8 Å². The second-order valence-electron chi connectivity index (χ2n) is 9.21. The Morgan fingerprint density at radius 2 is 1.67 bits per heavy atom. The van der Waals surface area contributed by atoms with Gasteiger partial charge in [0.1, 0.15) is 0 Å². The van der Waals surface area contributed by atoms with Gasteiger partial charge < -0.3 is 10.0 Å². The number of piperidine rings is 1. The number of likely N-dealkylation sites (tertiary alicyclic amines) is 1. The third-order valence-corrected chi connectivity index (χ3v) is 7.37. The first-order valence-corrected chi connectivity index (χ1v) is 11.5. The minimum absolute atomic E-state index is 0.162. The van der Waals surface area contributed by atoms with Gasteiger partial charge in [0.2, 0.25) is 0 Å². The smallest absolute Gasteiger partial charge is 0.306 e. The van der Waals surface area contributed by atoms with E-state index in [-0.39, 0.29) is 5.92 Å². The third-order valence-electron chi connectivity index (χ3n) is 7.04. The van der Waals surface area contributed by atoms with Crippen LogP contribution in [0.3, 0.4) is 0 Å². The largest absolute Gasteiger partial charge is 0.481 e. The maximum Gasteiger partial charge on any atom is 0.306 e. The van der Waals surface area contributed by atoms with Gasteiger partial charge in [0, 0.05) is 36.3 Å². The lowest BCUT2D eigenvalue weighted by molar-refractivity contribution is -0.143. The van der Waals surface area contributed by atoms with E-state index in [1.165, 1.54) is 35.2 Å². The Labute approximate surface area is 183 Å². The minimum Gasteiger partial charge on any atom is -0.481 e. The highest BCUT2D eigenvalue weighted by molar-refractivity contribution is 6.31. The summed E-state index contributed by atoms with van der Waals surface area (Å²) in [6.45, 7) is 4.74. The van der Waals surface area contributed by atoms with E-state index in [1.54, 1.807) is 0 Å². The van der Waals surface area contributed by atoms with Crippen molar-refractivity contribution in [3.63, 3.8) is 0 Å². The van der Waals surface area contributed by atoms with Gasteiger partial charge in [-0.05, 0) is 73.5 Å². The molecule has 3 fully saturated rings. The molecule has 0 atom stereocenters. The minimum atomic E-state index is -0.644. The van der Waals surface area contributed by atoms with E-state index in [4.69, 9.17) is 16.7 Å². The van der Waals surface area contributed by atoms with Gasteiger partial charge in [-0.1, -0.05) is 41.9 Å². The number of carboxylic acids is 1. The van der Waals surface area contributed by atoms with Crippen LogP contribution in [-0.4, -0.2) is 42.2 Å². The average molecular weight is 425 g/mol. The lowest BCUT2D eigenvalue weighted by Crippen LogP contribution is -2.45. The van der Waals surface area contributed by atoms with Crippen molar-refractivity contribution in [1.82, 2.24) is 4.90 Å². The maximum absolute atomic E-state index is 11.1. The molecule has 2 aliphatic heterocycles. The molecule has 0 spiro atoms. The molecule has 1 saturated carbocycles. The zero-order chi connectivity index (χ0) is 20.7. The number of benzene rings is 2. The Hall–Kier alpha value is -2.04. The summed E-state index contributed by atoms with van der Waals surface area (Å²) >= 11 is 6.50. The van der Waals surface area contributed by atoms with Crippen molar-refractivity contribution in [2.24, 2.45) is 5.92 Å². The fourth-order valence-electron chi connectivity index (χ4n) is 4.83. The van der Waals surface area contributed by atoms with E-state index in [1.807, 2.05) is 0 Å². The number of hydrogen-bond acceptors (Lipinski definition) is 3. The molecule has 2 saturated heterocycles. The fourth-order valence-corrected chi connectivity index (χ4v) is 5.16. The quantitative estimate of drug-likeness (QED) is 0.699.